The molecule has 2 aliphatic carbocycles. The van der Waals surface area contributed by atoms with E-state index in [1.165, 1.54) is 17.7 Å². The molecule has 0 saturated heterocycles. The minimum Gasteiger partial charge on any atom is -0.337 e. The molecule has 5 nitrogen and oxygen atoms in total. The Kier molecular flexibility index (Phi) is 4.55. The summed E-state index contributed by atoms with van der Waals surface area (Å²) in [7, 11) is 0. The van der Waals surface area contributed by atoms with Crippen LogP contribution in [0.3, 0.4) is 0 Å². The number of nitrogens with zero attached hydrogens (tertiary/aromatic N) is 2. The Hall–Kier alpha value is -2.17. The number of aryl methyl sites for hydroxylation is 1. The quantitative estimate of drug-likeness (QED) is 0.737. The molecule has 0 N–H and O–H groups in total. The number of imide groups is 1. The second-order valence-electron chi connectivity index (χ2n) is 7.88. The van der Waals surface area contributed by atoms with Crippen LogP contribution in [0.5, 0.6) is 0 Å². The van der Waals surface area contributed by atoms with Crippen molar-refractivity contribution in [1.29, 1.82) is 0 Å². The van der Waals surface area contributed by atoms with Gasteiger partial charge in [-0.1, -0.05) is 24.5 Å². The first-order chi connectivity index (χ1) is 12.6. The standard InChI is InChI=1S/C21H26N2O3/c1-14-8-11-17-18(13-14)21(26)22(20(17)25)12-4-7-19(24)23(16-9-10-16)15-5-2-3-6-15/h8,11,13,15-16H,2-7,9-10,12H2,1H3. The van der Waals surface area contributed by atoms with Gasteiger partial charge >= 0.3 is 0 Å². The SMILES string of the molecule is Cc1ccc2c(c1)C(=O)N(CCCC(=O)N(C1CCCC1)C1CC1)C2=O. The zero-order valence-electron chi connectivity index (χ0n) is 15.4. The Morgan fingerprint density at radius 1 is 1.04 bits per heavy atom. The van der Waals surface area contributed by atoms with E-state index in [1.54, 1.807) is 12.1 Å². The van der Waals surface area contributed by atoms with Crippen molar-refractivity contribution in [2.24, 2.45) is 0 Å². The van der Waals surface area contributed by atoms with Gasteiger partial charge in [-0.05, 0) is 51.2 Å². The molecule has 1 aliphatic heterocycles. The van der Waals surface area contributed by atoms with Gasteiger partial charge in [0, 0.05) is 25.0 Å². The van der Waals surface area contributed by atoms with Crippen LogP contribution in [0.4, 0.5) is 0 Å². The van der Waals surface area contributed by atoms with E-state index in [0.717, 1.165) is 31.2 Å². The number of hydrogen-bond acceptors (Lipinski definition) is 3. The second kappa shape index (κ2) is 6.86. The number of carbonyl (C=O) groups is 3. The first-order valence-corrected chi connectivity index (χ1v) is 9.84. The highest BCUT2D eigenvalue weighted by atomic mass is 16.2. The van der Waals surface area contributed by atoms with Gasteiger partial charge in [0.1, 0.15) is 0 Å². The van der Waals surface area contributed by atoms with Crippen LogP contribution in [0.2, 0.25) is 0 Å². The fourth-order valence-electron chi connectivity index (χ4n) is 4.37. The molecule has 3 aliphatic rings. The molecule has 0 atom stereocenters. The summed E-state index contributed by atoms with van der Waals surface area (Å²) in [6, 6.07) is 6.21. The summed E-state index contributed by atoms with van der Waals surface area (Å²) in [5.41, 5.74) is 1.95. The van der Waals surface area contributed by atoms with Crippen molar-refractivity contribution in [2.45, 2.75) is 70.4 Å². The number of carbonyl (C=O) groups excluding carboxylic acids is 3. The topological polar surface area (TPSA) is 57.7 Å². The van der Waals surface area contributed by atoms with Crippen LogP contribution in [0.15, 0.2) is 18.2 Å². The first-order valence-electron chi connectivity index (χ1n) is 9.84. The van der Waals surface area contributed by atoms with Gasteiger partial charge in [-0.25, -0.2) is 0 Å². The van der Waals surface area contributed by atoms with E-state index in [2.05, 4.69) is 4.90 Å². The van der Waals surface area contributed by atoms with Crippen LogP contribution in [0.1, 0.15) is 77.6 Å². The lowest BCUT2D eigenvalue weighted by Gasteiger charge is -2.29. The molecule has 2 saturated carbocycles. The van der Waals surface area contributed by atoms with Gasteiger partial charge in [0.05, 0.1) is 11.1 Å². The van der Waals surface area contributed by atoms with Crippen molar-refractivity contribution >= 4 is 17.7 Å². The molecular formula is C21H26N2O3. The Morgan fingerprint density at radius 2 is 1.69 bits per heavy atom. The Bertz CT molecular complexity index is 748. The minimum atomic E-state index is -0.229. The summed E-state index contributed by atoms with van der Waals surface area (Å²) < 4.78 is 0. The molecule has 4 rings (SSSR count). The largest absolute Gasteiger partial charge is 0.337 e. The summed E-state index contributed by atoms with van der Waals surface area (Å²) in [6.45, 7) is 2.23. The van der Waals surface area contributed by atoms with Crippen LogP contribution in [0, 0.1) is 6.92 Å². The summed E-state index contributed by atoms with van der Waals surface area (Å²) in [4.78, 5) is 41.1. The maximum atomic E-state index is 12.7. The zero-order valence-corrected chi connectivity index (χ0v) is 15.4. The number of benzene rings is 1. The van der Waals surface area contributed by atoms with Gasteiger partial charge in [0.25, 0.3) is 11.8 Å². The maximum absolute atomic E-state index is 12.7. The van der Waals surface area contributed by atoms with E-state index < -0.39 is 0 Å². The van der Waals surface area contributed by atoms with Gasteiger partial charge in [-0.2, -0.15) is 0 Å². The number of fused-ring (bicyclic) bond motifs is 1. The molecular weight excluding hydrogens is 328 g/mol. The highest BCUT2D eigenvalue weighted by Gasteiger charge is 2.39. The highest BCUT2D eigenvalue weighted by molar-refractivity contribution is 6.21. The van der Waals surface area contributed by atoms with E-state index in [1.807, 2.05) is 13.0 Å². The molecule has 2 fully saturated rings. The summed E-state index contributed by atoms with van der Waals surface area (Å²) in [5, 5.41) is 0. The average molecular weight is 354 g/mol. The number of hydrogen-bond donors (Lipinski definition) is 0. The van der Waals surface area contributed by atoms with E-state index in [0.29, 0.717) is 42.6 Å². The lowest BCUT2D eigenvalue weighted by molar-refractivity contribution is -0.134. The van der Waals surface area contributed by atoms with Crippen molar-refractivity contribution < 1.29 is 14.4 Å². The maximum Gasteiger partial charge on any atom is 0.261 e. The molecule has 1 heterocycles. The van der Waals surface area contributed by atoms with E-state index in [-0.39, 0.29) is 17.7 Å². The number of rotatable bonds is 6. The molecule has 1 aromatic rings. The predicted octanol–water partition coefficient (Wildman–Crippen LogP) is 3.30. The lowest BCUT2D eigenvalue weighted by atomic mass is 10.1. The molecule has 0 radical (unpaired) electrons. The third-order valence-electron chi connectivity index (χ3n) is 5.84. The summed E-state index contributed by atoms with van der Waals surface area (Å²) in [5.74, 6) is -0.255. The van der Waals surface area contributed by atoms with Crippen molar-refractivity contribution in [3.05, 3.63) is 34.9 Å². The normalized spacial score (nSPS) is 20.0. The molecule has 0 spiro atoms. The van der Waals surface area contributed by atoms with Gasteiger partial charge < -0.3 is 4.90 Å². The molecule has 1 aromatic carbocycles. The Balaban J connectivity index is 1.35. The van der Waals surface area contributed by atoms with Gasteiger partial charge in [0.15, 0.2) is 0 Å². The van der Waals surface area contributed by atoms with E-state index in [9.17, 15) is 14.4 Å². The monoisotopic (exact) mass is 354 g/mol. The van der Waals surface area contributed by atoms with Gasteiger partial charge in [0.2, 0.25) is 5.91 Å². The van der Waals surface area contributed by atoms with Crippen molar-refractivity contribution in [2.75, 3.05) is 6.54 Å². The van der Waals surface area contributed by atoms with E-state index >= 15 is 0 Å². The predicted molar refractivity (Wildman–Crippen MR) is 97.9 cm³/mol. The fraction of sp³-hybridized carbons (Fsp3) is 0.571. The highest BCUT2D eigenvalue weighted by Crippen LogP contribution is 2.35. The smallest absolute Gasteiger partial charge is 0.261 e. The van der Waals surface area contributed by atoms with Gasteiger partial charge in [-0.3, -0.25) is 19.3 Å². The van der Waals surface area contributed by atoms with Gasteiger partial charge in [-0.15, -0.1) is 0 Å². The molecule has 0 unspecified atom stereocenters. The lowest BCUT2D eigenvalue weighted by Crippen LogP contribution is -2.41. The molecule has 3 amide bonds. The third-order valence-corrected chi connectivity index (χ3v) is 5.84. The zero-order chi connectivity index (χ0) is 18.3. The van der Waals surface area contributed by atoms with Crippen LogP contribution in [0.25, 0.3) is 0 Å². The van der Waals surface area contributed by atoms with Crippen molar-refractivity contribution in [3.63, 3.8) is 0 Å². The molecule has 5 heteroatoms. The minimum absolute atomic E-state index is 0.201. The van der Waals surface area contributed by atoms with Crippen molar-refractivity contribution in [3.8, 4) is 0 Å². The summed E-state index contributed by atoms with van der Waals surface area (Å²) in [6.07, 6.45) is 7.89. The van der Waals surface area contributed by atoms with Crippen LogP contribution in [-0.2, 0) is 4.79 Å². The second-order valence-corrected chi connectivity index (χ2v) is 7.88. The van der Waals surface area contributed by atoms with Crippen LogP contribution in [-0.4, -0.2) is 46.1 Å². The van der Waals surface area contributed by atoms with Crippen LogP contribution >= 0.6 is 0 Å². The summed E-state index contributed by atoms with van der Waals surface area (Å²) >= 11 is 0. The van der Waals surface area contributed by atoms with E-state index in [4.69, 9.17) is 0 Å². The average Bonchev–Trinajstić information content (AvgIpc) is 3.25. The number of amides is 3. The molecule has 26 heavy (non-hydrogen) atoms. The molecule has 138 valence electrons. The van der Waals surface area contributed by atoms with Crippen LogP contribution < -0.4 is 0 Å². The Labute approximate surface area is 154 Å². The molecule has 0 bridgehead atoms. The third kappa shape index (κ3) is 3.15. The first kappa shape index (κ1) is 17.3. The molecule has 0 aromatic heterocycles. The fourth-order valence-corrected chi connectivity index (χ4v) is 4.37. The Morgan fingerprint density at radius 3 is 2.38 bits per heavy atom. The van der Waals surface area contributed by atoms with Crippen molar-refractivity contribution in [1.82, 2.24) is 9.80 Å².